The minimum absolute atomic E-state index is 0.138. The Hall–Kier alpha value is -2.34. The van der Waals surface area contributed by atoms with Crippen LogP contribution in [-0.4, -0.2) is 35.9 Å². The molecule has 0 aliphatic carbocycles. The van der Waals surface area contributed by atoms with Gasteiger partial charge in [-0.3, -0.25) is 9.59 Å². The fourth-order valence-electron chi connectivity index (χ4n) is 3.05. The lowest BCUT2D eigenvalue weighted by Gasteiger charge is -2.29. The van der Waals surface area contributed by atoms with Gasteiger partial charge in [-0.2, -0.15) is 0 Å². The monoisotopic (exact) mass is 474 g/mol. The predicted molar refractivity (Wildman–Crippen MR) is 124 cm³/mol. The van der Waals surface area contributed by atoms with Gasteiger partial charge >= 0.3 is 0 Å². The molecule has 0 heterocycles. The van der Waals surface area contributed by atoms with Crippen molar-refractivity contribution in [1.29, 1.82) is 0 Å². The van der Waals surface area contributed by atoms with Crippen LogP contribution in [0.25, 0.3) is 0 Å². The van der Waals surface area contributed by atoms with Gasteiger partial charge in [-0.15, -0.1) is 0 Å². The normalized spacial score (nSPS) is 11.6. The molecule has 2 rings (SSSR count). The highest BCUT2D eigenvalue weighted by Crippen LogP contribution is 2.26. The van der Waals surface area contributed by atoms with Gasteiger partial charge in [0, 0.05) is 13.1 Å². The Morgan fingerprint density at radius 2 is 1.90 bits per heavy atom. The Bertz CT molecular complexity index is 869. The number of amides is 2. The molecule has 0 aromatic heterocycles. The topological polar surface area (TPSA) is 58.6 Å². The number of benzene rings is 2. The van der Waals surface area contributed by atoms with E-state index in [1.54, 1.807) is 11.8 Å². The van der Waals surface area contributed by atoms with E-state index in [1.807, 2.05) is 56.3 Å². The minimum atomic E-state index is -0.599. The molecule has 1 atom stereocenters. The van der Waals surface area contributed by atoms with E-state index in [9.17, 15) is 9.59 Å². The molecule has 30 heavy (non-hydrogen) atoms. The molecule has 2 aromatic rings. The van der Waals surface area contributed by atoms with E-state index < -0.39 is 6.04 Å². The molecule has 0 saturated carbocycles. The molecule has 6 heteroatoms. The molecule has 5 nitrogen and oxygen atoms in total. The van der Waals surface area contributed by atoms with Gasteiger partial charge < -0.3 is 15.0 Å². The molecular formula is C24H31BrN2O3. The first-order valence-electron chi connectivity index (χ1n) is 10.4. The summed E-state index contributed by atoms with van der Waals surface area (Å²) in [5, 5.41) is 2.88. The molecule has 2 aromatic carbocycles. The van der Waals surface area contributed by atoms with Crippen LogP contribution in [0.5, 0.6) is 5.75 Å². The maximum absolute atomic E-state index is 13.1. The van der Waals surface area contributed by atoms with Crippen LogP contribution in [0.2, 0.25) is 0 Å². The Balaban J connectivity index is 2.16. The summed E-state index contributed by atoms with van der Waals surface area (Å²) in [7, 11) is 0. The van der Waals surface area contributed by atoms with Crippen molar-refractivity contribution in [3.63, 3.8) is 0 Å². The molecule has 0 aliphatic rings. The quantitative estimate of drug-likeness (QED) is 0.545. The van der Waals surface area contributed by atoms with E-state index in [0.29, 0.717) is 18.8 Å². The third kappa shape index (κ3) is 6.59. The zero-order valence-electron chi connectivity index (χ0n) is 18.2. The zero-order valence-corrected chi connectivity index (χ0v) is 19.8. The van der Waals surface area contributed by atoms with Crippen LogP contribution < -0.4 is 10.1 Å². The SMILES string of the molecule is CCCNC(=O)[C@H](C)N(Cc1ccccc1C)C(=O)COc1ccc(CC)cc1Br. The number of nitrogens with zero attached hydrogens (tertiary/aromatic N) is 1. The van der Waals surface area contributed by atoms with E-state index in [1.165, 1.54) is 5.56 Å². The number of carbonyl (C=O) groups is 2. The van der Waals surface area contributed by atoms with Gasteiger partial charge in [0.15, 0.2) is 6.61 Å². The predicted octanol–water partition coefficient (Wildman–Crippen LogP) is 4.64. The maximum Gasteiger partial charge on any atom is 0.261 e. The average molecular weight is 475 g/mol. The van der Waals surface area contributed by atoms with Crippen LogP contribution in [0.1, 0.15) is 43.9 Å². The van der Waals surface area contributed by atoms with Crippen molar-refractivity contribution in [1.82, 2.24) is 10.2 Å². The van der Waals surface area contributed by atoms with Gasteiger partial charge in [-0.05, 0) is 71.4 Å². The summed E-state index contributed by atoms with van der Waals surface area (Å²) in [6.45, 7) is 8.64. The van der Waals surface area contributed by atoms with Gasteiger partial charge in [0.25, 0.3) is 5.91 Å². The summed E-state index contributed by atoms with van der Waals surface area (Å²) in [4.78, 5) is 27.2. The molecule has 162 valence electrons. The van der Waals surface area contributed by atoms with Crippen molar-refractivity contribution in [2.75, 3.05) is 13.2 Å². The first-order chi connectivity index (χ1) is 14.4. The molecule has 2 amide bonds. The van der Waals surface area contributed by atoms with Gasteiger partial charge in [0.2, 0.25) is 5.91 Å². The third-order valence-electron chi connectivity index (χ3n) is 5.07. The molecule has 0 unspecified atom stereocenters. The Morgan fingerprint density at radius 3 is 2.53 bits per heavy atom. The third-order valence-corrected chi connectivity index (χ3v) is 5.69. The van der Waals surface area contributed by atoms with Gasteiger partial charge in [-0.25, -0.2) is 0 Å². The van der Waals surface area contributed by atoms with Crippen LogP contribution in [-0.2, 0) is 22.6 Å². The van der Waals surface area contributed by atoms with Gasteiger partial charge in [0.1, 0.15) is 11.8 Å². The number of carbonyl (C=O) groups excluding carboxylic acids is 2. The van der Waals surface area contributed by atoms with Crippen molar-refractivity contribution < 1.29 is 14.3 Å². The maximum atomic E-state index is 13.1. The summed E-state index contributed by atoms with van der Waals surface area (Å²) in [5.74, 6) is 0.218. The Morgan fingerprint density at radius 1 is 1.17 bits per heavy atom. The van der Waals surface area contributed by atoms with E-state index >= 15 is 0 Å². The standard InChI is InChI=1S/C24H31BrN2O3/c1-5-13-26-24(29)18(4)27(15-20-10-8-7-9-17(20)3)23(28)16-30-22-12-11-19(6-2)14-21(22)25/h7-12,14,18H,5-6,13,15-16H2,1-4H3,(H,26,29)/t18-/m0/s1. The molecule has 0 aliphatic heterocycles. The lowest BCUT2D eigenvalue weighted by molar-refractivity contribution is -0.142. The molecule has 0 radical (unpaired) electrons. The molecule has 0 spiro atoms. The van der Waals surface area contributed by atoms with Crippen LogP contribution in [0, 0.1) is 6.92 Å². The molecule has 0 bridgehead atoms. The van der Waals surface area contributed by atoms with Gasteiger partial charge in [0.05, 0.1) is 4.47 Å². The lowest BCUT2D eigenvalue weighted by atomic mass is 10.1. The highest BCUT2D eigenvalue weighted by atomic mass is 79.9. The Labute approximate surface area is 187 Å². The molecule has 0 fully saturated rings. The van der Waals surface area contributed by atoms with E-state index in [0.717, 1.165) is 28.4 Å². The number of rotatable bonds is 10. The largest absolute Gasteiger partial charge is 0.483 e. The number of aryl methyl sites for hydroxylation is 2. The molecular weight excluding hydrogens is 444 g/mol. The molecule has 1 N–H and O–H groups in total. The summed E-state index contributed by atoms with van der Waals surface area (Å²) in [6, 6.07) is 13.1. The van der Waals surface area contributed by atoms with Crippen molar-refractivity contribution in [2.45, 2.75) is 53.1 Å². The van der Waals surface area contributed by atoms with E-state index in [2.05, 4.69) is 28.2 Å². The minimum Gasteiger partial charge on any atom is -0.483 e. The zero-order chi connectivity index (χ0) is 22.1. The Kier molecular flexibility index (Phi) is 9.37. The summed E-state index contributed by atoms with van der Waals surface area (Å²) in [5.41, 5.74) is 3.27. The number of nitrogens with one attached hydrogen (secondary N) is 1. The van der Waals surface area contributed by atoms with Crippen LogP contribution in [0.3, 0.4) is 0 Å². The first-order valence-corrected chi connectivity index (χ1v) is 11.2. The fourth-order valence-corrected chi connectivity index (χ4v) is 3.59. The van der Waals surface area contributed by atoms with Gasteiger partial charge in [-0.1, -0.05) is 44.2 Å². The summed E-state index contributed by atoms with van der Waals surface area (Å²) < 4.78 is 6.60. The van der Waals surface area contributed by atoms with Crippen molar-refractivity contribution in [3.8, 4) is 5.75 Å². The number of hydrogen-bond donors (Lipinski definition) is 1. The van der Waals surface area contributed by atoms with Crippen molar-refractivity contribution in [3.05, 3.63) is 63.6 Å². The number of ether oxygens (including phenoxy) is 1. The highest BCUT2D eigenvalue weighted by Gasteiger charge is 2.26. The first kappa shape index (κ1) is 23.9. The fraction of sp³-hybridized carbons (Fsp3) is 0.417. The van der Waals surface area contributed by atoms with Crippen molar-refractivity contribution >= 4 is 27.7 Å². The number of hydrogen-bond acceptors (Lipinski definition) is 3. The van der Waals surface area contributed by atoms with Crippen LogP contribution in [0.4, 0.5) is 0 Å². The second-order valence-electron chi connectivity index (χ2n) is 7.32. The van der Waals surface area contributed by atoms with E-state index in [-0.39, 0.29) is 18.4 Å². The number of halogens is 1. The van der Waals surface area contributed by atoms with Crippen molar-refractivity contribution in [2.24, 2.45) is 0 Å². The summed E-state index contributed by atoms with van der Waals surface area (Å²) in [6.07, 6.45) is 1.77. The molecule has 0 saturated heterocycles. The van der Waals surface area contributed by atoms with E-state index in [4.69, 9.17) is 4.74 Å². The summed E-state index contributed by atoms with van der Waals surface area (Å²) >= 11 is 3.51. The average Bonchev–Trinajstić information content (AvgIpc) is 2.75. The second-order valence-corrected chi connectivity index (χ2v) is 8.18. The smallest absolute Gasteiger partial charge is 0.261 e. The highest BCUT2D eigenvalue weighted by molar-refractivity contribution is 9.10. The second kappa shape index (κ2) is 11.7. The van der Waals surface area contributed by atoms with Crippen LogP contribution >= 0.6 is 15.9 Å². The van der Waals surface area contributed by atoms with Crippen LogP contribution in [0.15, 0.2) is 46.9 Å². The lowest BCUT2D eigenvalue weighted by Crippen LogP contribution is -2.49.